The molecule has 0 aliphatic carbocycles. The second-order valence-electron chi connectivity index (χ2n) is 7.79. The highest BCUT2D eigenvalue weighted by molar-refractivity contribution is 7.99. The summed E-state index contributed by atoms with van der Waals surface area (Å²) in [5.74, 6) is 1.02. The number of likely N-dealkylation sites (tertiary alicyclic amines) is 1. The van der Waals surface area contributed by atoms with Crippen molar-refractivity contribution in [2.75, 3.05) is 27.7 Å². The van der Waals surface area contributed by atoms with Crippen molar-refractivity contribution in [3.05, 3.63) is 66.4 Å². The topological polar surface area (TPSA) is 45.7 Å². The number of thioether (sulfide) groups is 1. The van der Waals surface area contributed by atoms with Crippen molar-refractivity contribution in [1.82, 2.24) is 14.8 Å². The van der Waals surface area contributed by atoms with Gasteiger partial charge in [0.2, 0.25) is 5.91 Å². The van der Waals surface area contributed by atoms with Gasteiger partial charge in [-0.1, -0.05) is 36.4 Å². The summed E-state index contributed by atoms with van der Waals surface area (Å²) >= 11 is 1.76. The van der Waals surface area contributed by atoms with Crippen LogP contribution in [0.1, 0.15) is 12.0 Å². The molecule has 0 radical (unpaired) electrons. The number of amides is 1. The zero-order valence-electron chi connectivity index (χ0n) is 17.6. The van der Waals surface area contributed by atoms with Crippen LogP contribution >= 0.6 is 11.8 Å². The molecule has 0 N–H and O–H groups in total. The highest BCUT2D eigenvalue weighted by Gasteiger charge is 2.38. The Kier molecular flexibility index (Phi) is 6.25. The van der Waals surface area contributed by atoms with E-state index >= 15 is 0 Å². The molecule has 1 amide bonds. The van der Waals surface area contributed by atoms with Crippen molar-refractivity contribution in [3.63, 3.8) is 0 Å². The molecule has 1 fully saturated rings. The van der Waals surface area contributed by atoms with Crippen molar-refractivity contribution in [1.29, 1.82) is 0 Å². The third-order valence-corrected chi connectivity index (χ3v) is 6.75. The fourth-order valence-corrected chi connectivity index (χ4v) is 5.30. The number of hydrogen-bond acceptors (Lipinski definition) is 5. The average molecular weight is 422 g/mol. The Morgan fingerprint density at radius 1 is 1.17 bits per heavy atom. The molecule has 1 saturated heterocycles. The van der Waals surface area contributed by atoms with Crippen molar-refractivity contribution >= 4 is 28.4 Å². The van der Waals surface area contributed by atoms with Crippen LogP contribution < -0.4 is 4.74 Å². The molecule has 1 aliphatic rings. The lowest BCUT2D eigenvalue weighted by molar-refractivity contribution is -0.133. The van der Waals surface area contributed by atoms with Crippen molar-refractivity contribution in [3.8, 4) is 5.75 Å². The second-order valence-corrected chi connectivity index (χ2v) is 9.11. The Hall–Kier alpha value is -2.57. The van der Waals surface area contributed by atoms with Gasteiger partial charge >= 0.3 is 0 Å². The predicted octanol–water partition coefficient (Wildman–Crippen LogP) is 4.07. The monoisotopic (exact) mass is 421 g/mol. The molecular weight excluding hydrogens is 394 g/mol. The van der Waals surface area contributed by atoms with Crippen LogP contribution in [0.2, 0.25) is 0 Å². The van der Waals surface area contributed by atoms with Gasteiger partial charge in [-0.25, -0.2) is 4.98 Å². The van der Waals surface area contributed by atoms with E-state index in [1.54, 1.807) is 23.8 Å². The van der Waals surface area contributed by atoms with Crippen LogP contribution in [0.5, 0.6) is 5.75 Å². The SMILES string of the molecule is COc1ccc2ccccc2c1CN1C[C@H](Sc2ccccn2)C[C@H]1C(=O)N(C)C. The number of carbonyl (C=O) groups excluding carboxylic acids is 1. The van der Waals surface area contributed by atoms with Crippen LogP contribution in [-0.2, 0) is 11.3 Å². The standard InChI is InChI=1S/C24H27N3O2S/c1-26(2)24(28)21-14-18(30-23-10-6-7-13-25-23)15-27(21)16-20-19-9-5-4-8-17(19)11-12-22(20)29-3/h4-13,18,21H,14-16H2,1-3H3/t18-,21+/m1/s1. The summed E-state index contributed by atoms with van der Waals surface area (Å²) in [4.78, 5) is 21.4. The van der Waals surface area contributed by atoms with E-state index in [1.165, 1.54) is 10.8 Å². The quantitative estimate of drug-likeness (QED) is 0.600. The maximum absolute atomic E-state index is 13.0. The molecular formula is C24H27N3O2S. The van der Waals surface area contributed by atoms with Gasteiger partial charge in [-0.05, 0) is 35.4 Å². The van der Waals surface area contributed by atoms with Crippen LogP contribution in [0.3, 0.4) is 0 Å². The number of fused-ring (bicyclic) bond motifs is 1. The third kappa shape index (κ3) is 4.30. The minimum Gasteiger partial charge on any atom is -0.496 e. The number of rotatable bonds is 6. The maximum atomic E-state index is 13.0. The van der Waals surface area contributed by atoms with Gasteiger partial charge in [0, 0.05) is 44.2 Å². The number of carbonyl (C=O) groups is 1. The smallest absolute Gasteiger partial charge is 0.239 e. The highest BCUT2D eigenvalue weighted by atomic mass is 32.2. The van der Waals surface area contributed by atoms with E-state index in [4.69, 9.17) is 4.74 Å². The van der Waals surface area contributed by atoms with E-state index in [9.17, 15) is 4.79 Å². The molecule has 5 nitrogen and oxygen atoms in total. The van der Waals surface area contributed by atoms with E-state index < -0.39 is 0 Å². The molecule has 0 unspecified atom stereocenters. The Bertz CT molecular complexity index is 1030. The van der Waals surface area contributed by atoms with Crippen LogP contribution in [0.4, 0.5) is 0 Å². The average Bonchev–Trinajstić information content (AvgIpc) is 3.16. The van der Waals surface area contributed by atoms with Crippen molar-refractivity contribution < 1.29 is 9.53 Å². The number of hydrogen-bond donors (Lipinski definition) is 0. The summed E-state index contributed by atoms with van der Waals surface area (Å²) in [5, 5.41) is 3.68. The normalized spacial score (nSPS) is 19.2. The first-order valence-corrected chi connectivity index (χ1v) is 11.0. The predicted molar refractivity (Wildman–Crippen MR) is 122 cm³/mol. The molecule has 2 aromatic carbocycles. The fraction of sp³-hybridized carbons (Fsp3) is 0.333. The molecule has 3 aromatic rings. The summed E-state index contributed by atoms with van der Waals surface area (Å²) in [5.41, 5.74) is 1.13. The van der Waals surface area contributed by atoms with Gasteiger partial charge in [0.1, 0.15) is 5.75 Å². The first kappa shape index (κ1) is 20.7. The van der Waals surface area contributed by atoms with Gasteiger partial charge in [-0.15, -0.1) is 11.8 Å². The van der Waals surface area contributed by atoms with E-state index in [1.807, 2.05) is 50.6 Å². The minimum atomic E-state index is -0.148. The lowest BCUT2D eigenvalue weighted by atomic mass is 10.0. The first-order chi connectivity index (χ1) is 14.6. The van der Waals surface area contributed by atoms with Gasteiger partial charge in [0.05, 0.1) is 18.2 Å². The second kappa shape index (κ2) is 9.06. The zero-order chi connectivity index (χ0) is 21.1. The van der Waals surface area contributed by atoms with Crippen molar-refractivity contribution in [2.45, 2.75) is 29.3 Å². The molecule has 156 valence electrons. The number of nitrogens with zero attached hydrogens (tertiary/aromatic N) is 3. The number of methoxy groups -OCH3 is 1. The molecule has 1 aliphatic heterocycles. The Morgan fingerprint density at radius 2 is 1.97 bits per heavy atom. The minimum absolute atomic E-state index is 0.148. The summed E-state index contributed by atoms with van der Waals surface area (Å²) in [6, 6.07) is 18.3. The van der Waals surface area contributed by atoms with Gasteiger partial charge in [-0.3, -0.25) is 9.69 Å². The lowest BCUT2D eigenvalue weighted by Crippen LogP contribution is -2.42. The zero-order valence-corrected chi connectivity index (χ0v) is 18.4. The van der Waals surface area contributed by atoms with Crippen molar-refractivity contribution in [2.24, 2.45) is 0 Å². The number of likely N-dealkylation sites (N-methyl/N-ethyl adjacent to an activating group) is 1. The van der Waals surface area contributed by atoms with Crippen LogP contribution in [0.15, 0.2) is 65.8 Å². The van der Waals surface area contributed by atoms with E-state index in [-0.39, 0.29) is 11.9 Å². The molecule has 1 aromatic heterocycles. The number of benzene rings is 2. The largest absolute Gasteiger partial charge is 0.496 e. The summed E-state index contributed by atoms with van der Waals surface area (Å²) in [6.45, 7) is 1.51. The molecule has 0 spiro atoms. The number of aromatic nitrogens is 1. The van der Waals surface area contributed by atoms with Gasteiger partial charge in [-0.2, -0.15) is 0 Å². The van der Waals surface area contributed by atoms with E-state index in [2.05, 4.69) is 34.1 Å². The number of pyridine rings is 1. The Labute approximate surface area is 182 Å². The summed E-state index contributed by atoms with van der Waals surface area (Å²) in [7, 11) is 5.37. The van der Waals surface area contributed by atoms with E-state index in [0.29, 0.717) is 11.8 Å². The van der Waals surface area contributed by atoms with Crippen LogP contribution in [0.25, 0.3) is 10.8 Å². The van der Waals surface area contributed by atoms with Gasteiger partial charge in [0.25, 0.3) is 0 Å². The maximum Gasteiger partial charge on any atom is 0.239 e. The summed E-state index contributed by atoms with van der Waals surface area (Å²) in [6.07, 6.45) is 2.63. The molecule has 0 saturated carbocycles. The van der Waals surface area contributed by atoms with E-state index in [0.717, 1.165) is 29.3 Å². The summed E-state index contributed by atoms with van der Waals surface area (Å²) < 4.78 is 5.69. The molecule has 30 heavy (non-hydrogen) atoms. The molecule has 2 atom stereocenters. The van der Waals surface area contributed by atoms with Crippen LogP contribution in [0, 0.1) is 0 Å². The molecule has 4 rings (SSSR count). The molecule has 6 heteroatoms. The highest BCUT2D eigenvalue weighted by Crippen LogP contribution is 2.36. The fourth-order valence-electron chi connectivity index (χ4n) is 4.14. The lowest BCUT2D eigenvalue weighted by Gasteiger charge is -2.27. The van der Waals surface area contributed by atoms with Crippen LogP contribution in [-0.4, -0.2) is 59.7 Å². The molecule has 0 bridgehead atoms. The van der Waals surface area contributed by atoms with Gasteiger partial charge < -0.3 is 9.64 Å². The Morgan fingerprint density at radius 3 is 2.70 bits per heavy atom. The molecule has 2 heterocycles. The first-order valence-electron chi connectivity index (χ1n) is 10.1. The Balaban J connectivity index is 1.64. The number of ether oxygens (including phenoxy) is 1. The third-order valence-electron chi connectivity index (χ3n) is 5.59. The van der Waals surface area contributed by atoms with Gasteiger partial charge in [0.15, 0.2) is 0 Å².